The number of anilines is 2. The molecule has 0 radical (unpaired) electrons. The van der Waals surface area contributed by atoms with E-state index in [4.69, 9.17) is 4.42 Å². The molecule has 0 spiro atoms. The molecule has 9 heteroatoms. The number of furan rings is 1. The Kier molecular flexibility index (Phi) is 6.00. The molecular weight excluding hydrogens is 430 g/mol. The summed E-state index contributed by atoms with van der Waals surface area (Å²) in [5, 5.41) is 8.43. The van der Waals surface area contributed by atoms with Crippen LogP contribution in [0.15, 0.2) is 65.3 Å². The zero-order valence-electron chi connectivity index (χ0n) is 17.4. The van der Waals surface area contributed by atoms with E-state index in [0.29, 0.717) is 28.3 Å². The normalized spacial score (nSPS) is 15.4. The molecule has 1 atom stereocenters. The van der Waals surface area contributed by atoms with E-state index in [0.717, 1.165) is 5.56 Å². The predicted octanol–water partition coefficient (Wildman–Crippen LogP) is 2.87. The van der Waals surface area contributed by atoms with Crippen molar-refractivity contribution in [3.63, 3.8) is 0 Å². The maximum Gasteiger partial charge on any atom is 0.251 e. The molecule has 1 unspecified atom stereocenters. The number of rotatable bonds is 7. The molecule has 3 aromatic rings. The van der Waals surface area contributed by atoms with Crippen LogP contribution in [0.3, 0.4) is 0 Å². The Balaban J connectivity index is 1.42. The summed E-state index contributed by atoms with van der Waals surface area (Å²) in [4.78, 5) is 24.9. The van der Waals surface area contributed by atoms with Gasteiger partial charge in [0.1, 0.15) is 11.8 Å². The number of aryl methyl sites for hydroxylation is 1. The largest absolute Gasteiger partial charge is 0.467 e. The summed E-state index contributed by atoms with van der Waals surface area (Å²) < 4.78 is 30.5. The Morgan fingerprint density at radius 1 is 1.09 bits per heavy atom. The molecule has 1 aliphatic heterocycles. The van der Waals surface area contributed by atoms with Gasteiger partial charge in [0.05, 0.1) is 35.7 Å². The van der Waals surface area contributed by atoms with Crippen molar-refractivity contribution in [3.8, 4) is 0 Å². The van der Waals surface area contributed by atoms with Crippen molar-refractivity contribution >= 4 is 33.0 Å². The Hall–Kier alpha value is -3.59. The van der Waals surface area contributed by atoms with E-state index in [9.17, 15) is 18.0 Å². The van der Waals surface area contributed by atoms with Gasteiger partial charge < -0.3 is 20.4 Å². The van der Waals surface area contributed by atoms with Gasteiger partial charge in [0.15, 0.2) is 9.84 Å². The number of sulfone groups is 1. The van der Waals surface area contributed by atoms with Gasteiger partial charge in [0.25, 0.3) is 5.91 Å². The maximum absolute atomic E-state index is 12.7. The summed E-state index contributed by atoms with van der Waals surface area (Å²) >= 11 is 0. The zero-order chi connectivity index (χ0) is 22.7. The summed E-state index contributed by atoms with van der Waals surface area (Å²) in [5.74, 6) is -0.625. The molecule has 0 aliphatic carbocycles. The third kappa shape index (κ3) is 5.17. The first-order chi connectivity index (χ1) is 15.3. The second-order valence-corrected chi connectivity index (χ2v) is 9.86. The lowest BCUT2D eigenvalue weighted by atomic mass is 10.1. The highest BCUT2D eigenvalue weighted by Crippen LogP contribution is 2.28. The van der Waals surface area contributed by atoms with Gasteiger partial charge in [-0.05, 0) is 42.8 Å². The lowest BCUT2D eigenvalue weighted by molar-refractivity contribution is -0.116. The molecule has 0 bridgehead atoms. The molecule has 0 fully saturated rings. The highest BCUT2D eigenvalue weighted by molar-refractivity contribution is 7.90. The van der Waals surface area contributed by atoms with E-state index in [-0.39, 0.29) is 24.0 Å². The molecule has 2 aromatic carbocycles. The lowest BCUT2D eigenvalue weighted by Gasteiger charge is -2.27. The number of fused-ring (bicyclic) bond motifs is 1. The Bertz CT molecular complexity index is 1250. The molecule has 1 aliphatic rings. The van der Waals surface area contributed by atoms with Gasteiger partial charge in [-0.15, -0.1) is 0 Å². The van der Waals surface area contributed by atoms with E-state index in [1.165, 1.54) is 6.26 Å². The average Bonchev–Trinajstić information content (AvgIpc) is 3.25. The fraction of sp³-hybridized carbons (Fsp3) is 0.217. The standard InChI is InChI=1S/C23H23N3O5S/c1-15-4-2-5-16(10-15)13-32(29,30)14-21-23(28)26-20-11-17(7-8-19(20)25-21)22(27)24-12-18-6-3-9-31-18/h2-11,21,25H,12-14H2,1H3,(H,24,27)(H,26,28). The Morgan fingerprint density at radius 2 is 1.94 bits per heavy atom. The van der Waals surface area contributed by atoms with Crippen LogP contribution in [0.2, 0.25) is 0 Å². The average molecular weight is 454 g/mol. The number of carbonyl (C=O) groups excluding carboxylic acids is 2. The third-order valence-corrected chi connectivity index (χ3v) is 6.69. The molecule has 8 nitrogen and oxygen atoms in total. The smallest absolute Gasteiger partial charge is 0.251 e. The van der Waals surface area contributed by atoms with Gasteiger partial charge in [-0.2, -0.15) is 0 Å². The van der Waals surface area contributed by atoms with Crippen LogP contribution in [-0.2, 0) is 26.9 Å². The summed E-state index contributed by atoms with van der Waals surface area (Å²) in [6.07, 6.45) is 1.53. The number of benzene rings is 2. The summed E-state index contributed by atoms with van der Waals surface area (Å²) in [5.41, 5.74) is 3.01. The van der Waals surface area contributed by atoms with E-state index in [1.54, 1.807) is 36.4 Å². The SMILES string of the molecule is Cc1cccc(CS(=O)(=O)CC2Nc3ccc(C(=O)NCc4ccco4)cc3NC2=O)c1. The van der Waals surface area contributed by atoms with Crippen LogP contribution in [0.25, 0.3) is 0 Å². The summed E-state index contributed by atoms with van der Waals surface area (Å²) in [6.45, 7) is 2.14. The van der Waals surface area contributed by atoms with Crippen LogP contribution in [-0.4, -0.2) is 32.0 Å². The van der Waals surface area contributed by atoms with Crippen molar-refractivity contribution in [1.29, 1.82) is 0 Å². The van der Waals surface area contributed by atoms with Crippen LogP contribution in [0.5, 0.6) is 0 Å². The summed E-state index contributed by atoms with van der Waals surface area (Å²) in [7, 11) is -3.53. The van der Waals surface area contributed by atoms with Crippen molar-refractivity contribution in [2.45, 2.75) is 25.3 Å². The summed E-state index contributed by atoms with van der Waals surface area (Å²) in [6, 6.07) is 14.7. The molecular formula is C23H23N3O5S. The molecule has 2 amide bonds. The van der Waals surface area contributed by atoms with E-state index >= 15 is 0 Å². The minimum absolute atomic E-state index is 0.137. The minimum atomic E-state index is -3.53. The molecule has 4 rings (SSSR count). The fourth-order valence-corrected chi connectivity index (χ4v) is 5.10. The number of hydrogen-bond donors (Lipinski definition) is 3. The van der Waals surface area contributed by atoms with Crippen LogP contribution in [0.4, 0.5) is 11.4 Å². The van der Waals surface area contributed by atoms with Gasteiger partial charge in [0, 0.05) is 5.56 Å². The first kappa shape index (κ1) is 21.6. The highest BCUT2D eigenvalue weighted by atomic mass is 32.2. The van der Waals surface area contributed by atoms with Gasteiger partial charge >= 0.3 is 0 Å². The molecule has 166 valence electrons. The first-order valence-electron chi connectivity index (χ1n) is 10.1. The monoisotopic (exact) mass is 453 g/mol. The fourth-order valence-electron chi connectivity index (χ4n) is 3.56. The van der Waals surface area contributed by atoms with Crippen LogP contribution < -0.4 is 16.0 Å². The number of amides is 2. The molecule has 2 heterocycles. The van der Waals surface area contributed by atoms with Gasteiger partial charge in [-0.1, -0.05) is 29.8 Å². The second-order valence-electron chi connectivity index (χ2n) is 7.75. The van der Waals surface area contributed by atoms with Crippen LogP contribution in [0.1, 0.15) is 27.2 Å². The van der Waals surface area contributed by atoms with Gasteiger partial charge in [0.2, 0.25) is 5.91 Å². The lowest BCUT2D eigenvalue weighted by Crippen LogP contribution is -2.43. The minimum Gasteiger partial charge on any atom is -0.467 e. The zero-order valence-corrected chi connectivity index (χ0v) is 18.2. The van der Waals surface area contributed by atoms with Crippen molar-refractivity contribution in [2.75, 3.05) is 16.4 Å². The second kappa shape index (κ2) is 8.88. The van der Waals surface area contributed by atoms with Crippen molar-refractivity contribution in [2.24, 2.45) is 0 Å². The van der Waals surface area contributed by atoms with Crippen LogP contribution in [0, 0.1) is 6.92 Å². The molecule has 32 heavy (non-hydrogen) atoms. The molecule has 0 saturated heterocycles. The highest BCUT2D eigenvalue weighted by Gasteiger charge is 2.30. The molecule has 3 N–H and O–H groups in total. The van der Waals surface area contributed by atoms with Gasteiger partial charge in [-0.3, -0.25) is 9.59 Å². The first-order valence-corrected chi connectivity index (χ1v) is 11.9. The Morgan fingerprint density at radius 3 is 2.69 bits per heavy atom. The Labute approximate surface area is 185 Å². The van der Waals surface area contributed by atoms with Crippen molar-refractivity contribution in [3.05, 3.63) is 83.3 Å². The number of carbonyl (C=O) groups is 2. The number of nitrogens with one attached hydrogen (secondary N) is 3. The quantitative estimate of drug-likeness (QED) is 0.506. The van der Waals surface area contributed by atoms with Gasteiger partial charge in [-0.25, -0.2) is 8.42 Å². The predicted molar refractivity (Wildman–Crippen MR) is 121 cm³/mol. The van der Waals surface area contributed by atoms with Crippen molar-refractivity contribution in [1.82, 2.24) is 5.32 Å². The van der Waals surface area contributed by atoms with E-state index in [2.05, 4.69) is 16.0 Å². The third-order valence-electron chi connectivity index (χ3n) is 5.08. The molecule has 0 saturated carbocycles. The topological polar surface area (TPSA) is 118 Å². The van der Waals surface area contributed by atoms with E-state index < -0.39 is 21.8 Å². The maximum atomic E-state index is 12.7. The van der Waals surface area contributed by atoms with Crippen LogP contribution >= 0.6 is 0 Å². The van der Waals surface area contributed by atoms with Crippen molar-refractivity contribution < 1.29 is 22.4 Å². The number of hydrogen-bond acceptors (Lipinski definition) is 6. The molecule has 1 aromatic heterocycles. The van der Waals surface area contributed by atoms with E-state index in [1.807, 2.05) is 25.1 Å².